The Labute approximate surface area is 604 Å². The molecule has 6 saturated heterocycles. The first-order chi connectivity index (χ1) is 49.2. The molecule has 18 N–H and O–H groups in total. The molecule has 10 fully saturated rings. The number of aliphatic carboxylic acids is 1. The van der Waals surface area contributed by atoms with Gasteiger partial charge in [-0.1, -0.05) is 39.3 Å². The molecule has 0 aromatic carbocycles. The highest BCUT2D eigenvalue weighted by Gasteiger charge is 2.74. The minimum atomic E-state index is -2.09. The highest BCUT2D eigenvalue weighted by atomic mass is 16.8. The Morgan fingerprint density at radius 3 is 1.56 bits per heavy atom. The van der Waals surface area contributed by atoms with E-state index in [0.717, 1.165) is 19.4 Å². The summed E-state index contributed by atoms with van der Waals surface area (Å²) in [7, 11) is 0. The summed E-state index contributed by atoms with van der Waals surface area (Å²) in [5.74, 6) is -5.88. The number of ether oxygens (including phenoxy) is 14. The van der Waals surface area contributed by atoms with Crippen LogP contribution in [-0.2, 0) is 85.5 Å². The molecule has 0 spiro atoms. The van der Waals surface area contributed by atoms with Crippen LogP contribution in [0.15, 0.2) is 11.6 Å². The van der Waals surface area contributed by atoms with Crippen LogP contribution in [0.5, 0.6) is 0 Å². The molecule has 0 amide bonds. The molecule has 0 aromatic rings. The molecule has 6 aliphatic heterocycles. The van der Waals surface area contributed by atoms with Gasteiger partial charge >= 0.3 is 23.9 Å². The van der Waals surface area contributed by atoms with Crippen molar-refractivity contribution in [2.45, 2.75) is 310 Å². The lowest BCUT2D eigenvalue weighted by atomic mass is 9.33. The minimum absolute atomic E-state index is 0.101. The number of carbonyl (C=O) groups is 4. The summed E-state index contributed by atoms with van der Waals surface area (Å²) in [4.78, 5) is 56.2. The molecule has 6 heterocycles. The highest BCUT2D eigenvalue weighted by Crippen LogP contribution is 2.76. The topological polar surface area (TPSA) is 562 Å². The van der Waals surface area contributed by atoms with Crippen LogP contribution in [0.4, 0.5) is 0 Å². The van der Waals surface area contributed by atoms with Crippen LogP contribution in [0.25, 0.3) is 0 Å². The lowest BCUT2D eigenvalue weighted by molar-refractivity contribution is -0.382. The molecule has 36 nitrogen and oxygen atoms in total. The monoisotopic (exact) mass is 1510 g/mol. The van der Waals surface area contributed by atoms with Gasteiger partial charge in [-0.3, -0.25) is 19.2 Å². The quantitative estimate of drug-likeness (QED) is 0.0248. The Morgan fingerprint density at radius 1 is 0.486 bits per heavy atom. The average molecular weight is 1510 g/mol. The second-order valence-electron chi connectivity index (χ2n) is 32.4. The number of esters is 3. The van der Waals surface area contributed by atoms with Crippen molar-refractivity contribution >= 4 is 23.9 Å². The molecule has 2 unspecified atom stereocenters. The standard InChI is InChI=1S/C69H108O36/c1-25-50(101-56-46(85)41(80)35(23-92-56)100-58-47(86)42(81)38(77)32(20-70)97-58)45(84)49(88)57(93-25)103-54-53(96-28(4)75)51(95-27(3)74)26(2)94-61(54)105-63(91)68-15-14-64(5,6)18-30(68)29-10-11-36-65(7)19-31(76)55(67(9,62(89)90)37(65)12-13-66(36,8)69(29,24-73)17-16-68)104-60-52(44(83)40(79)34(22-72)99-60)102-59-48(87)43(82)39(78)33(21-71)98-59/h10,25-26,30-61,70-73,76-88H,11-24H2,1-9H3,(H,89,90)/t25-,26+,30?,31-,32+,33+,34+,35+,36+,37?,38-,39+,40+,41-,42-,43-,44-,45-,46+,47+,48+,49+,50-,51-,52+,53-,54+,55-,56-,57-,58-,59-,60-,61-,65+,66+,67-,68-,69-/m0/s1. The molecule has 600 valence electrons. The largest absolute Gasteiger partial charge is 0.481 e. The van der Waals surface area contributed by atoms with Gasteiger partial charge in [0.05, 0.1) is 62.2 Å². The Kier molecular flexibility index (Phi) is 24.5. The summed E-state index contributed by atoms with van der Waals surface area (Å²) in [5, 5.41) is 198. The third-order valence-corrected chi connectivity index (χ3v) is 25.8. The summed E-state index contributed by atoms with van der Waals surface area (Å²) in [5.41, 5.74) is -6.07. The second kappa shape index (κ2) is 31.2. The van der Waals surface area contributed by atoms with Gasteiger partial charge < -0.3 is 158 Å². The first-order valence-corrected chi connectivity index (χ1v) is 36.2. The number of allylic oxidation sites excluding steroid dienone is 1. The van der Waals surface area contributed by atoms with E-state index in [2.05, 4.69) is 20.8 Å². The fourth-order valence-corrected chi connectivity index (χ4v) is 19.9. The maximum atomic E-state index is 16.0. The zero-order valence-corrected chi connectivity index (χ0v) is 60.0. The molecular formula is C69H108O36. The number of aliphatic hydroxyl groups is 17. The van der Waals surface area contributed by atoms with E-state index >= 15 is 4.79 Å². The van der Waals surface area contributed by atoms with Gasteiger partial charge in [0.1, 0.15) is 116 Å². The predicted molar refractivity (Wildman–Crippen MR) is 343 cm³/mol. The van der Waals surface area contributed by atoms with Gasteiger partial charge in [-0.25, -0.2) is 0 Å². The van der Waals surface area contributed by atoms with Crippen molar-refractivity contribution in [2.24, 2.45) is 50.2 Å². The third-order valence-electron chi connectivity index (χ3n) is 25.8. The summed E-state index contributed by atoms with van der Waals surface area (Å²) >= 11 is 0. The van der Waals surface area contributed by atoms with Crippen LogP contribution in [0.3, 0.4) is 0 Å². The Bertz CT molecular complexity index is 3090. The maximum Gasteiger partial charge on any atom is 0.315 e. The average Bonchev–Trinajstić information content (AvgIpc) is 0.668. The molecule has 0 bridgehead atoms. The van der Waals surface area contributed by atoms with Crippen molar-refractivity contribution in [1.29, 1.82) is 0 Å². The van der Waals surface area contributed by atoms with E-state index < -0.39 is 297 Å². The van der Waals surface area contributed by atoms with E-state index in [0.29, 0.717) is 19.3 Å². The Balaban J connectivity index is 0.844. The number of carboxylic acid groups (broad SMARTS) is 1. The molecular weight excluding hydrogens is 1400 g/mol. The van der Waals surface area contributed by atoms with E-state index in [-0.39, 0.29) is 38.5 Å². The Morgan fingerprint density at radius 2 is 0.981 bits per heavy atom. The summed E-state index contributed by atoms with van der Waals surface area (Å²) < 4.78 is 83.7. The molecule has 39 atom stereocenters. The van der Waals surface area contributed by atoms with Crippen LogP contribution in [-0.4, -0.2) is 339 Å². The Hall–Kier alpha value is -3.50. The highest BCUT2D eigenvalue weighted by molar-refractivity contribution is 5.79. The first-order valence-electron chi connectivity index (χ1n) is 36.2. The van der Waals surface area contributed by atoms with Gasteiger partial charge in [0.15, 0.2) is 49.8 Å². The van der Waals surface area contributed by atoms with Crippen LogP contribution in [0, 0.1) is 50.2 Å². The van der Waals surface area contributed by atoms with E-state index in [1.165, 1.54) is 20.8 Å². The number of carboxylic acids is 1. The van der Waals surface area contributed by atoms with Crippen LogP contribution in [0.2, 0.25) is 0 Å². The van der Waals surface area contributed by atoms with Crippen molar-refractivity contribution in [3.63, 3.8) is 0 Å². The number of hydrogen-bond donors (Lipinski definition) is 18. The van der Waals surface area contributed by atoms with Crippen LogP contribution in [0.1, 0.15) is 120 Å². The van der Waals surface area contributed by atoms with Crippen molar-refractivity contribution < 1.29 is 177 Å². The normalized spacial score (nSPS) is 52.0. The van der Waals surface area contributed by atoms with Gasteiger partial charge in [0.2, 0.25) is 6.29 Å². The number of carbonyl (C=O) groups excluding carboxylic acids is 3. The van der Waals surface area contributed by atoms with Gasteiger partial charge in [-0.15, -0.1) is 0 Å². The zero-order valence-electron chi connectivity index (χ0n) is 60.0. The predicted octanol–water partition coefficient (Wildman–Crippen LogP) is -5.54. The molecule has 0 radical (unpaired) electrons. The lowest BCUT2D eigenvalue weighted by Gasteiger charge is -2.71. The van der Waals surface area contributed by atoms with E-state index in [9.17, 15) is 106 Å². The molecule has 105 heavy (non-hydrogen) atoms. The SMILES string of the molecule is CC(=O)O[C@H]1[C@@H](OC(C)=O)[C@@H](C)O[C@@H](OC(=O)[C@]23CCC(C)(C)CC2C2=CC[C@@H]4[C@@]5(C)C[C@H](O)[C@H](O[C@@H]6O[C@H](CO)[C@@H](O)[C@H](O)[C@H]6O[C@@H]6O[C@H](CO)[C@@H](O)[C@H](O)[C@H]6O)[C@@](C)(C(=O)O)C5CC[C@@]4(C)[C@]2(CO)CC3)[C@@H]1O[C@@H]1O[C@@H](C)[C@H](O[C@@H]2OC[C@@H](O[C@@H]3O[C@H](CO)[C@H](O)[C@H](O)[C@H]3O)[C@H](O)[C@H]2O)[C@@H](O)[C@H]1O. The molecule has 11 aliphatic rings. The zero-order chi connectivity index (χ0) is 77.0. The number of hydrogen-bond acceptors (Lipinski definition) is 35. The summed E-state index contributed by atoms with van der Waals surface area (Å²) in [6.45, 7) is 11.0. The van der Waals surface area contributed by atoms with Crippen LogP contribution < -0.4 is 0 Å². The van der Waals surface area contributed by atoms with Crippen molar-refractivity contribution in [3.8, 4) is 0 Å². The molecule has 0 aromatic heterocycles. The fraction of sp³-hybridized carbons (Fsp3) is 0.913. The van der Waals surface area contributed by atoms with Gasteiger partial charge in [-0.2, -0.15) is 0 Å². The maximum absolute atomic E-state index is 16.0. The van der Waals surface area contributed by atoms with Crippen molar-refractivity contribution in [2.75, 3.05) is 33.0 Å². The molecule has 11 rings (SSSR count). The first kappa shape index (κ1) is 82.5. The van der Waals surface area contributed by atoms with Gasteiger partial charge in [-0.05, 0) is 113 Å². The smallest absolute Gasteiger partial charge is 0.315 e. The third kappa shape index (κ3) is 14.4. The van der Waals surface area contributed by atoms with Gasteiger partial charge in [0, 0.05) is 19.3 Å². The summed E-state index contributed by atoms with van der Waals surface area (Å²) in [6, 6.07) is 0. The number of rotatable bonds is 19. The van der Waals surface area contributed by atoms with E-state index in [1.54, 1.807) is 0 Å². The second-order valence-corrected chi connectivity index (χ2v) is 32.4. The fourth-order valence-electron chi connectivity index (χ4n) is 19.9. The summed E-state index contributed by atoms with van der Waals surface area (Å²) in [6.07, 6.45) is -50.0. The number of fused-ring (bicyclic) bond motifs is 7. The number of aliphatic hydroxyl groups excluding tert-OH is 17. The molecule has 36 heteroatoms. The van der Waals surface area contributed by atoms with E-state index in [1.807, 2.05) is 13.0 Å². The lowest BCUT2D eigenvalue weighted by Crippen LogP contribution is -2.71. The van der Waals surface area contributed by atoms with Crippen molar-refractivity contribution in [3.05, 3.63) is 11.6 Å². The van der Waals surface area contributed by atoms with E-state index in [4.69, 9.17) is 66.3 Å². The van der Waals surface area contributed by atoms with Crippen molar-refractivity contribution in [1.82, 2.24) is 0 Å². The molecule has 5 aliphatic carbocycles. The van der Waals surface area contributed by atoms with Crippen LogP contribution >= 0.6 is 0 Å². The minimum Gasteiger partial charge on any atom is -0.481 e. The van der Waals surface area contributed by atoms with Gasteiger partial charge in [0.25, 0.3) is 0 Å². The molecule has 4 saturated carbocycles.